The second-order valence-corrected chi connectivity index (χ2v) is 5.52. The highest BCUT2D eigenvalue weighted by atomic mass is 32.2. The second kappa shape index (κ2) is 8.36. The molecule has 0 radical (unpaired) electrons. The molecule has 0 fully saturated rings. The Morgan fingerprint density at radius 1 is 1.13 bits per heavy atom. The third-order valence-electron chi connectivity index (χ3n) is 3.07. The van der Waals surface area contributed by atoms with Gasteiger partial charge in [0.2, 0.25) is 0 Å². The summed E-state index contributed by atoms with van der Waals surface area (Å²) >= 11 is 1.50. The third-order valence-corrected chi connectivity index (χ3v) is 3.86. The number of hydrogen-bond acceptors (Lipinski definition) is 5. The SMILES string of the molecule is CSc1ccccc1NC(=O)COC(=O)[C@@H](O)c1ccccc1. The van der Waals surface area contributed by atoms with Crippen LogP contribution in [0.15, 0.2) is 59.5 Å². The van der Waals surface area contributed by atoms with E-state index in [1.165, 1.54) is 11.8 Å². The van der Waals surface area contributed by atoms with Crippen LogP contribution in [-0.4, -0.2) is 29.8 Å². The molecule has 23 heavy (non-hydrogen) atoms. The molecule has 1 atom stereocenters. The maximum Gasteiger partial charge on any atom is 0.340 e. The Labute approximate surface area is 138 Å². The number of ether oxygens (including phenoxy) is 1. The molecule has 2 rings (SSSR count). The number of nitrogens with one attached hydrogen (secondary N) is 1. The molecular formula is C17H17NO4S. The van der Waals surface area contributed by atoms with Crippen molar-refractivity contribution in [3.8, 4) is 0 Å². The highest BCUT2D eigenvalue weighted by Gasteiger charge is 2.19. The van der Waals surface area contributed by atoms with E-state index in [4.69, 9.17) is 4.74 Å². The summed E-state index contributed by atoms with van der Waals surface area (Å²) in [6.07, 6.45) is 0.504. The molecule has 0 aliphatic heterocycles. The summed E-state index contributed by atoms with van der Waals surface area (Å²) in [5.41, 5.74) is 1.08. The second-order valence-electron chi connectivity index (χ2n) is 4.67. The van der Waals surface area contributed by atoms with Crippen molar-refractivity contribution >= 4 is 29.3 Å². The number of hydrogen-bond donors (Lipinski definition) is 2. The zero-order valence-electron chi connectivity index (χ0n) is 12.6. The normalized spacial score (nSPS) is 11.6. The van der Waals surface area contributed by atoms with E-state index in [1.807, 2.05) is 18.4 Å². The minimum atomic E-state index is -1.40. The molecule has 0 aromatic heterocycles. The lowest BCUT2D eigenvalue weighted by molar-refractivity contribution is -0.156. The monoisotopic (exact) mass is 331 g/mol. The minimum absolute atomic E-state index is 0.422. The summed E-state index contributed by atoms with van der Waals surface area (Å²) in [5, 5.41) is 12.5. The van der Waals surface area contributed by atoms with Crippen molar-refractivity contribution in [3.63, 3.8) is 0 Å². The Morgan fingerprint density at radius 3 is 2.48 bits per heavy atom. The van der Waals surface area contributed by atoms with Gasteiger partial charge in [-0.05, 0) is 24.0 Å². The van der Waals surface area contributed by atoms with Gasteiger partial charge in [0.25, 0.3) is 5.91 Å². The van der Waals surface area contributed by atoms with Crippen LogP contribution >= 0.6 is 11.8 Å². The Balaban J connectivity index is 1.88. The van der Waals surface area contributed by atoms with Gasteiger partial charge < -0.3 is 15.2 Å². The molecule has 6 heteroatoms. The van der Waals surface area contributed by atoms with E-state index < -0.39 is 24.6 Å². The van der Waals surface area contributed by atoms with Crippen molar-refractivity contribution < 1.29 is 19.4 Å². The number of carbonyl (C=O) groups excluding carboxylic acids is 2. The number of esters is 1. The number of aliphatic hydroxyl groups excluding tert-OH is 1. The van der Waals surface area contributed by atoms with E-state index in [9.17, 15) is 14.7 Å². The predicted molar refractivity (Wildman–Crippen MR) is 89.2 cm³/mol. The van der Waals surface area contributed by atoms with E-state index in [0.29, 0.717) is 11.3 Å². The van der Waals surface area contributed by atoms with Crippen LogP contribution in [0.1, 0.15) is 11.7 Å². The molecule has 0 bridgehead atoms. The number of benzene rings is 2. The maximum atomic E-state index is 11.9. The van der Waals surface area contributed by atoms with Gasteiger partial charge in [0.1, 0.15) is 0 Å². The van der Waals surface area contributed by atoms with Crippen LogP contribution in [0, 0.1) is 0 Å². The van der Waals surface area contributed by atoms with E-state index in [0.717, 1.165) is 4.90 Å². The topological polar surface area (TPSA) is 75.6 Å². The van der Waals surface area contributed by atoms with E-state index in [1.54, 1.807) is 42.5 Å². The Kier molecular flexibility index (Phi) is 6.19. The van der Waals surface area contributed by atoms with Crippen molar-refractivity contribution in [1.29, 1.82) is 0 Å². The Morgan fingerprint density at radius 2 is 1.78 bits per heavy atom. The van der Waals surface area contributed by atoms with Gasteiger partial charge in [0, 0.05) is 4.90 Å². The van der Waals surface area contributed by atoms with Gasteiger partial charge in [-0.1, -0.05) is 42.5 Å². The van der Waals surface area contributed by atoms with Crippen molar-refractivity contribution in [2.75, 3.05) is 18.2 Å². The number of para-hydroxylation sites is 1. The summed E-state index contributed by atoms with van der Waals surface area (Å²) in [5.74, 6) is -1.32. The zero-order valence-corrected chi connectivity index (χ0v) is 13.4. The number of amides is 1. The maximum absolute atomic E-state index is 11.9. The Bertz CT molecular complexity index is 675. The van der Waals surface area contributed by atoms with E-state index >= 15 is 0 Å². The van der Waals surface area contributed by atoms with Crippen molar-refractivity contribution in [1.82, 2.24) is 0 Å². The first-order chi connectivity index (χ1) is 11.1. The molecule has 2 N–H and O–H groups in total. The average molecular weight is 331 g/mol. The molecule has 0 unspecified atom stereocenters. The summed E-state index contributed by atoms with van der Waals surface area (Å²) in [7, 11) is 0. The van der Waals surface area contributed by atoms with Gasteiger partial charge in [-0.25, -0.2) is 4.79 Å². The highest BCUT2D eigenvalue weighted by molar-refractivity contribution is 7.98. The van der Waals surface area contributed by atoms with Crippen LogP contribution in [0.5, 0.6) is 0 Å². The number of anilines is 1. The van der Waals surface area contributed by atoms with Gasteiger partial charge >= 0.3 is 5.97 Å². The molecule has 0 saturated heterocycles. The number of thioether (sulfide) groups is 1. The van der Waals surface area contributed by atoms with Crippen LogP contribution in [0.25, 0.3) is 0 Å². The standard InChI is InChI=1S/C17H17NO4S/c1-23-14-10-6-5-9-13(14)18-15(19)11-22-17(21)16(20)12-7-3-2-4-8-12/h2-10,16,20H,11H2,1H3,(H,18,19)/t16-/m0/s1. The highest BCUT2D eigenvalue weighted by Crippen LogP contribution is 2.24. The fourth-order valence-corrected chi connectivity index (χ4v) is 2.47. The molecule has 0 heterocycles. The molecule has 2 aromatic carbocycles. The zero-order chi connectivity index (χ0) is 16.7. The largest absolute Gasteiger partial charge is 0.453 e. The summed E-state index contributed by atoms with van der Waals surface area (Å²) < 4.78 is 4.86. The lowest BCUT2D eigenvalue weighted by atomic mass is 10.1. The fraction of sp³-hybridized carbons (Fsp3) is 0.176. The van der Waals surface area contributed by atoms with Gasteiger partial charge in [-0.2, -0.15) is 0 Å². The van der Waals surface area contributed by atoms with Crippen LogP contribution in [0.4, 0.5) is 5.69 Å². The molecule has 0 spiro atoms. The van der Waals surface area contributed by atoms with Crippen LogP contribution < -0.4 is 5.32 Å². The van der Waals surface area contributed by atoms with Crippen molar-refractivity contribution in [2.24, 2.45) is 0 Å². The molecule has 2 aromatic rings. The first-order valence-electron chi connectivity index (χ1n) is 6.94. The van der Waals surface area contributed by atoms with Crippen LogP contribution in [0.2, 0.25) is 0 Å². The van der Waals surface area contributed by atoms with Crippen molar-refractivity contribution in [2.45, 2.75) is 11.0 Å². The first-order valence-corrected chi connectivity index (χ1v) is 8.17. The van der Waals surface area contributed by atoms with Crippen molar-refractivity contribution in [3.05, 3.63) is 60.2 Å². The quantitative estimate of drug-likeness (QED) is 0.629. The lowest BCUT2D eigenvalue weighted by Crippen LogP contribution is -2.24. The molecule has 120 valence electrons. The summed E-state index contributed by atoms with van der Waals surface area (Å²) in [6.45, 7) is -0.453. The van der Waals surface area contributed by atoms with Crippen LogP contribution in [0.3, 0.4) is 0 Å². The van der Waals surface area contributed by atoms with Gasteiger partial charge in [0.05, 0.1) is 5.69 Å². The molecule has 1 amide bonds. The molecule has 5 nitrogen and oxygen atoms in total. The third kappa shape index (κ3) is 4.84. The fourth-order valence-electron chi connectivity index (χ4n) is 1.92. The van der Waals surface area contributed by atoms with E-state index in [-0.39, 0.29) is 0 Å². The molecule has 0 aliphatic carbocycles. The van der Waals surface area contributed by atoms with Gasteiger partial charge in [-0.15, -0.1) is 11.8 Å². The average Bonchev–Trinajstić information content (AvgIpc) is 2.60. The molecule has 0 saturated carbocycles. The molecular weight excluding hydrogens is 314 g/mol. The minimum Gasteiger partial charge on any atom is -0.453 e. The predicted octanol–water partition coefficient (Wildman–Crippen LogP) is 2.62. The van der Waals surface area contributed by atoms with E-state index in [2.05, 4.69) is 5.32 Å². The van der Waals surface area contributed by atoms with Gasteiger partial charge in [-0.3, -0.25) is 4.79 Å². The van der Waals surface area contributed by atoms with Gasteiger partial charge in [0.15, 0.2) is 12.7 Å². The summed E-state index contributed by atoms with van der Waals surface area (Å²) in [4.78, 5) is 24.5. The van der Waals surface area contributed by atoms with Crippen LogP contribution in [-0.2, 0) is 14.3 Å². The number of aliphatic hydroxyl groups is 1. The Hall–Kier alpha value is -2.31. The smallest absolute Gasteiger partial charge is 0.340 e. The molecule has 0 aliphatic rings. The number of carbonyl (C=O) groups is 2. The lowest BCUT2D eigenvalue weighted by Gasteiger charge is -2.12. The first kappa shape index (κ1) is 17.1. The summed E-state index contributed by atoms with van der Waals surface area (Å²) in [6, 6.07) is 15.7. The number of rotatable bonds is 6.